The zero-order valence-corrected chi connectivity index (χ0v) is 13.1. The molecule has 0 saturated heterocycles. The fraction of sp³-hybridized carbons (Fsp3) is 0.235. The zero-order chi connectivity index (χ0) is 16.1. The minimum absolute atomic E-state index is 0.181. The van der Waals surface area contributed by atoms with E-state index in [1.54, 1.807) is 19.5 Å². The smallest absolute Gasteiger partial charge is 0.257 e. The number of hydrogen-bond acceptors (Lipinski definition) is 6. The topological polar surface area (TPSA) is 73.1 Å². The van der Waals surface area contributed by atoms with Gasteiger partial charge in [-0.2, -0.15) is 4.98 Å². The molecule has 0 bridgehead atoms. The first-order valence-corrected chi connectivity index (χ1v) is 7.36. The highest BCUT2D eigenvalue weighted by Crippen LogP contribution is 2.20. The Morgan fingerprint density at radius 1 is 1.13 bits per heavy atom. The Labute approximate surface area is 134 Å². The summed E-state index contributed by atoms with van der Waals surface area (Å²) in [5.74, 6) is 1.92. The van der Waals surface area contributed by atoms with E-state index in [0.29, 0.717) is 18.3 Å². The molecule has 1 aromatic carbocycles. The van der Waals surface area contributed by atoms with E-state index in [1.807, 2.05) is 36.4 Å². The van der Waals surface area contributed by atoms with Crippen molar-refractivity contribution in [3.63, 3.8) is 0 Å². The van der Waals surface area contributed by atoms with Crippen molar-refractivity contribution < 1.29 is 9.26 Å². The average molecular weight is 310 g/mol. The first kappa shape index (κ1) is 15.2. The number of nitrogens with zero attached hydrogens (tertiary/aromatic N) is 3. The second-order valence-electron chi connectivity index (χ2n) is 5.13. The average Bonchev–Trinajstić information content (AvgIpc) is 3.09. The highest BCUT2D eigenvalue weighted by molar-refractivity contribution is 5.54. The maximum Gasteiger partial charge on any atom is 0.257 e. The highest BCUT2D eigenvalue weighted by Gasteiger charge is 2.10. The molecular weight excluding hydrogens is 292 g/mol. The molecule has 0 spiro atoms. The van der Waals surface area contributed by atoms with Crippen LogP contribution in [-0.4, -0.2) is 22.2 Å². The Hall–Kier alpha value is -2.73. The van der Waals surface area contributed by atoms with E-state index in [1.165, 1.54) is 5.56 Å². The fourth-order valence-corrected chi connectivity index (χ4v) is 2.19. The minimum atomic E-state index is 0.181. The summed E-state index contributed by atoms with van der Waals surface area (Å²) >= 11 is 0. The van der Waals surface area contributed by atoms with Crippen LogP contribution < -0.4 is 10.1 Å². The number of aromatic nitrogens is 3. The van der Waals surface area contributed by atoms with Gasteiger partial charge in [-0.15, -0.1) is 0 Å². The molecule has 118 valence electrons. The van der Waals surface area contributed by atoms with E-state index in [-0.39, 0.29) is 6.04 Å². The summed E-state index contributed by atoms with van der Waals surface area (Å²) in [5.41, 5.74) is 2.03. The summed E-state index contributed by atoms with van der Waals surface area (Å²) in [7, 11) is 1.63. The zero-order valence-electron chi connectivity index (χ0n) is 13.1. The molecule has 0 fully saturated rings. The lowest BCUT2D eigenvalue weighted by molar-refractivity contribution is 0.413. The monoisotopic (exact) mass is 310 g/mol. The summed E-state index contributed by atoms with van der Waals surface area (Å²) in [6, 6.07) is 11.7. The largest absolute Gasteiger partial charge is 0.497 e. The second kappa shape index (κ2) is 7.02. The van der Waals surface area contributed by atoms with E-state index in [4.69, 9.17) is 9.26 Å². The van der Waals surface area contributed by atoms with E-state index in [0.717, 1.165) is 11.3 Å². The van der Waals surface area contributed by atoms with Gasteiger partial charge < -0.3 is 14.6 Å². The minimum Gasteiger partial charge on any atom is -0.497 e. The number of nitrogens with one attached hydrogen (secondary N) is 1. The molecule has 6 heteroatoms. The molecule has 3 aromatic rings. The van der Waals surface area contributed by atoms with Crippen molar-refractivity contribution in [3.8, 4) is 17.2 Å². The van der Waals surface area contributed by atoms with Gasteiger partial charge in [0.05, 0.1) is 13.7 Å². The molecule has 0 amide bonds. The lowest BCUT2D eigenvalue weighted by Gasteiger charge is -2.11. The van der Waals surface area contributed by atoms with Crippen LogP contribution in [0.25, 0.3) is 11.5 Å². The molecule has 0 aliphatic carbocycles. The molecule has 2 aromatic heterocycles. The predicted molar refractivity (Wildman–Crippen MR) is 85.8 cm³/mol. The molecule has 1 unspecified atom stereocenters. The van der Waals surface area contributed by atoms with Crippen molar-refractivity contribution in [2.75, 3.05) is 7.11 Å². The van der Waals surface area contributed by atoms with Crippen molar-refractivity contribution in [2.24, 2.45) is 0 Å². The van der Waals surface area contributed by atoms with E-state index in [2.05, 4.69) is 27.4 Å². The summed E-state index contributed by atoms with van der Waals surface area (Å²) in [4.78, 5) is 8.43. The van der Waals surface area contributed by atoms with Gasteiger partial charge >= 0.3 is 0 Å². The van der Waals surface area contributed by atoms with Gasteiger partial charge in [0.2, 0.25) is 0 Å². The third kappa shape index (κ3) is 3.73. The number of rotatable bonds is 6. The number of methoxy groups -OCH3 is 1. The van der Waals surface area contributed by atoms with Gasteiger partial charge in [-0.3, -0.25) is 4.98 Å². The standard InChI is InChI=1S/C17H18N4O2/c1-12(13-7-9-18-10-8-13)19-11-16-20-17(23-21-16)14-3-5-15(22-2)6-4-14/h3-10,12,19H,11H2,1-2H3. The third-order valence-electron chi connectivity index (χ3n) is 3.58. The summed E-state index contributed by atoms with van der Waals surface area (Å²) < 4.78 is 10.4. The molecule has 2 heterocycles. The number of ether oxygens (including phenoxy) is 1. The first-order chi connectivity index (χ1) is 11.3. The van der Waals surface area contributed by atoms with Crippen LogP contribution in [0.3, 0.4) is 0 Å². The molecule has 0 saturated carbocycles. The van der Waals surface area contributed by atoms with Crippen molar-refractivity contribution in [3.05, 3.63) is 60.2 Å². The van der Waals surface area contributed by atoms with Crippen LogP contribution in [0.1, 0.15) is 24.4 Å². The third-order valence-corrected chi connectivity index (χ3v) is 3.58. The molecule has 1 N–H and O–H groups in total. The summed E-state index contributed by atoms with van der Waals surface area (Å²) in [6.45, 7) is 2.61. The Kier molecular flexibility index (Phi) is 4.63. The fourth-order valence-electron chi connectivity index (χ4n) is 2.19. The normalized spacial score (nSPS) is 12.1. The maximum atomic E-state index is 5.31. The van der Waals surface area contributed by atoms with Gasteiger partial charge in [-0.25, -0.2) is 0 Å². The van der Waals surface area contributed by atoms with Crippen molar-refractivity contribution in [2.45, 2.75) is 19.5 Å². The van der Waals surface area contributed by atoms with Crippen LogP contribution in [0.5, 0.6) is 5.75 Å². The quantitative estimate of drug-likeness (QED) is 0.754. The Morgan fingerprint density at radius 2 is 1.87 bits per heavy atom. The van der Waals surface area contributed by atoms with Gasteiger partial charge in [0.1, 0.15) is 5.75 Å². The van der Waals surface area contributed by atoms with Gasteiger partial charge in [0.25, 0.3) is 5.89 Å². The molecule has 6 nitrogen and oxygen atoms in total. The molecular formula is C17H18N4O2. The van der Waals surface area contributed by atoms with E-state index < -0.39 is 0 Å². The Morgan fingerprint density at radius 3 is 2.57 bits per heavy atom. The van der Waals surface area contributed by atoms with Crippen molar-refractivity contribution >= 4 is 0 Å². The molecule has 23 heavy (non-hydrogen) atoms. The molecule has 0 radical (unpaired) electrons. The SMILES string of the molecule is COc1ccc(-c2nc(CNC(C)c3ccncc3)no2)cc1. The number of hydrogen-bond donors (Lipinski definition) is 1. The number of pyridine rings is 1. The molecule has 1 atom stereocenters. The summed E-state index contributed by atoms with van der Waals surface area (Å²) in [5, 5.41) is 7.37. The van der Waals surface area contributed by atoms with Gasteiger partial charge in [0, 0.05) is 24.0 Å². The van der Waals surface area contributed by atoms with Crippen LogP contribution in [0, 0.1) is 0 Å². The molecule has 0 aliphatic rings. The summed E-state index contributed by atoms with van der Waals surface area (Å²) in [6.07, 6.45) is 3.56. The van der Waals surface area contributed by atoms with Gasteiger partial charge in [-0.1, -0.05) is 5.16 Å². The number of benzene rings is 1. The Bertz CT molecular complexity index is 741. The lowest BCUT2D eigenvalue weighted by Crippen LogP contribution is -2.18. The van der Waals surface area contributed by atoms with Gasteiger partial charge in [0.15, 0.2) is 5.82 Å². The Balaban J connectivity index is 1.63. The predicted octanol–water partition coefficient (Wildman–Crippen LogP) is 2.99. The van der Waals surface area contributed by atoms with E-state index in [9.17, 15) is 0 Å². The van der Waals surface area contributed by atoms with Gasteiger partial charge in [-0.05, 0) is 48.9 Å². The van der Waals surface area contributed by atoms with Crippen LogP contribution >= 0.6 is 0 Å². The second-order valence-corrected chi connectivity index (χ2v) is 5.13. The maximum absolute atomic E-state index is 5.31. The van der Waals surface area contributed by atoms with Crippen LogP contribution in [-0.2, 0) is 6.54 Å². The van der Waals surface area contributed by atoms with Crippen molar-refractivity contribution in [1.29, 1.82) is 0 Å². The molecule has 0 aliphatic heterocycles. The van der Waals surface area contributed by atoms with E-state index >= 15 is 0 Å². The first-order valence-electron chi connectivity index (χ1n) is 7.36. The van der Waals surface area contributed by atoms with Crippen LogP contribution in [0.15, 0.2) is 53.3 Å². The van der Waals surface area contributed by atoms with Crippen molar-refractivity contribution in [1.82, 2.24) is 20.4 Å². The lowest BCUT2D eigenvalue weighted by atomic mass is 10.1. The van der Waals surface area contributed by atoms with Crippen LogP contribution in [0.4, 0.5) is 0 Å². The highest BCUT2D eigenvalue weighted by atomic mass is 16.5. The molecule has 3 rings (SSSR count). The van der Waals surface area contributed by atoms with Crippen LogP contribution in [0.2, 0.25) is 0 Å².